The number of fused-ring (bicyclic) bond motifs is 1. The second-order valence-corrected chi connectivity index (χ2v) is 13.7. The van der Waals surface area contributed by atoms with E-state index in [1.54, 1.807) is 42.6 Å². The van der Waals surface area contributed by atoms with Crippen LogP contribution in [0.2, 0.25) is 0 Å². The van der Waals surface area contributed by atoms with Gasteiger partial charge in [0.05, 0.1) is 19.5 Å². The minimum Gasteiger partial charge on any atom is -0.370 e. The van der Waals surface area contributed by atoms with E-state index in [9.17, 15) is 43.2 Å². The fourth-order valence-corrected chi connectivity index (χ4v) is 6.26. The Balaban J connectivity index is 1.65. The standard InChI is InChI=1S/C38H49N11O9/c39-18-32(52)45-26-11-6-14-42-31(51)13-12-25(34(41)54)47-37(57)28(16-22-19-43-24-10-5-4-9-23(22)24)46-33(53)20-44-35(55)27(15-21-7-2-1-3-8-21)48-38(58)29(17-30(40)50)49-36(26)56/h1-5,7-10,19,25-29,43H,6,11-18,20,39H2,(H2,40,50)(H2,41,54)(H,42,51)(H,44,55)(H,45,52)(H,46,53)(H,47,57)(H,48,58)(H,49,56)/t25?,26?,27?,28-,29-/m0/s1. The van der Waals surface area contributed by atoms with Crippen molar-refractivity contribution in [2.45, 2.75) is 75.2 Å². The maximum absolute atomic E-state index is 13.7. The van der Waals surface area contributed by atoms with Crippen LogP contribution in [-0.4, -0.2) is 108 Å². The van der Waals surface area contributed by atoms with Gasteiger partial charge in [0, 0.05) is 42.9 Å². The van der Waals surface area contributed by atoms with Crippen molar-refractivity contribution in [3.05, 3.63) is 71.9 Å². The van der Waals surface area contributed by atoms with E-state index in [2.05, 4.69) is 42.2 Å². The van der Waals surface area contributed by atoms with Crippen LogP contribution in [-0.2, 0) is 56.0 Å². The van der Waals surface area contributed by atoms with Gasteiger partial charge in [-0.2, -0.15) is 0 Å². The number of H-pyrrole nitrogens is 1. The molecule has 0 aliphatic carbocycles. The molecule has 9 amide bonds. The average molecular weight is 804 g/mol. The third-order valence-electron chi connectivity index (χ3n) is 9.28. The topological polar surface area (TPSA) is 332 Å². The number of carbonyl (C=O) groups excluding carboxylic acids is 9. The molecule has 58 heavy (non-hydrogen) atoms. The molecule has 1 aliphatic heterocycles. The first kappa shape index (κ1) is 43.9. The minimum atomic E-state index is -1.60. The Morgan fingerprint density at radius 1 is 0.707 bits per heavy atom. The van der Waals surface area contributed by atoms with Crippen LogP contribution in [0.4, 0.5) is 0 Å². The van der Waals surface area contributed by atoms with Crippen molar-refractivity contribution in [3.63, 3.8) is 0 Å². The lowest BCUT2D eigenvalue weighted by Crippen LogP contribution is -2.58. The van der Waals surface area contributed by atoms with E-state index in [1.807, 2.05) is 18.2 Å². The fraction of sp³-hybridized carbons (Fsp3) is 0.395. The van der Waals surface area contributed by atoms with Gasteiger partial charge >= 0.3 is 0 Å². The maximum Gasteiger partial charge on any atom is 0.243 e. The molecule has 1 aromatic heterocycles. The lowest BCUT2D eigenvalue weighted by Gasteiger charge is -2.25. The zero-order valence-corrected chi connectivity index (χ0v) is 31.6. The Morgan fingerprint density at radius 2 is 1.38 bits per heavy atom. The molecule has 0 saturated carbocycles. The number of benzene rings is 2. The minimum absolute atomic E-state index is 0.00884. The molecular weight excluding hydrogens is 754 g/mol. The van der Waals surface area contributed by atoms with Crippen LogP contribution in [0.5, 0.6) is 0 Å². The number of rotatable bonds is 9. The summed E-state index contributed by atoms with van der Waals surface area (Å²) in [6.45, 7) is -1.13. The summed E-state index contributed by atoms with van der Waals surface area (Å²) in [5.41, 5.74) is 18.5. The molecule has 0 spiro atoms. The lowest BCUT2D eigenvalue weighted by molar-refractivity contribution is -0.135. The zero-order chi connectivity index (χ0) is 42.2. The highest BCUT2D eigenvalue weighted by atomic mass is 16.2. The van der Waals surface area contributed by atoms with Crippen molar-refractivity contribution in [2.24, 2.45) is 17.2 Å². The Kier molecular flexibility index (Phi) is 16.2. The van der Waals surface area contributed by atoms with E-state index in [0.717, 1.165) is 10.9 Å². The van der Waals surface area contributed by atoms with Crippen molar-refractivity contribution < 1.29 is 43.2 Å². The van der Waals surface area contributed by atoms with Crippen LogP contribution in [0.1, 0.15) is 43.2 Å². The largest absolute Gasteiger partial charge is 0.370 e. The number of hydrogen-bond donors (Lipinski definition) is 11. The van der Waals surface area contributed by atoms with Crippen molar-refractivity contribution in [1.29, 1.82) is 0 Å². The number of nitrogens with two attached hydrogens (primary N) is 3. The number of aromatic amines is 1. The van der Waals surface area contributed by atoms with Crippen molar-refractivity contribution in [2.75, 3.05) is 19.6 Å². The van der Waals surface area contributed by atoms with E-state index in [4.69, 9.17) is 17.2 Å². The van der Waals surface area contributed by atoms with E-state index >= 15 is 0 Å². The van der Waals surface area contributed by atoms with Gasteiger partial charge in [-0.25, -0.2) is 0 Å². The van der Waals surface area contributed by atoms with Crippen LogP contribution in [0, 0.1) is 0 Å². The van der Waals surface area contributed by atoms with Gasteiger partial charge in [0.1, 0.15) is 30.2 Å². The highest BCUT2D eigenvalue weighted by molar-refractivity contribution is 5.98. The predicted molar refractivity (Wildman–Crippen MR) is 208 cm³/mol. The first-order chi connectivity index (χ1) is 27.7. The SMILES string of the molecule is NCC(=O)NC1CCCNC(=O)CCC(C(N)=O)NC(=O)[C@H](Cc2c[nH]c3ccccc23)NC(=O)CNC(=O)C(Cc2ccccc2)NC(=O)[C@H](CC(N)=O)NC1=O. The molecular formula is C38H49N11O9. The molecule has 4 rings (SSSR count). The third kappa shape index (κ3) is 13.4. The van der Waals surface area contributed by atoms with Crippen molar-refractivity contribution in [1.82, 2.24) is 42.2 Å². The number of carbonyl (C=O) groups is 9. The van der Waals surface area contributed by atoms with Gasteiger partial charge in [-0.3, -0.25) is 43.2 Å². The summed E-state index contributed by atoms with van der Waals surface area (Å²) < 4.78 is 0. The Morgan fingerprint density at radius 3 is 2.09 bits per heavy atom. The molecule has 3 aromatic rings. The van der Waals surface area contributed by atoms with Gasteiger partial charge in [0.25, 0.3) is 0 Å². The summed E-state index contributed by atoms with van der Waals surface area (Å²) in [6, 6.07) is 9.00. The van der Waals surface area contributed by atoms with Crippen LogP contribution in [0.3, 0.4) is 0 Å². The van der Waals surface area contributed by atoms with Crippen molar-refractivity contribution >= 4 is 64.1 Å². The Bertz CT molecular complexity index is 1990. The molecule has 20 heteroatoms. The van der Waals surface area contributed by atoms with Gasteiger partial charge in [0.15, 0.2) is 0 Å². The molecule has 3 unspecified atom stereocenters. The monoisotopic (exact) mass is 803 g/mol. The molecule has 2 heterocycles. The first-order valence-corrected chi connectivity index (χ1v) is 18.6. The molecule has 20 nitrogen and oxygen atoms in total. The van der Waals surface area contributed by atoms with Gasteiger partial charge in [-0.1, -0.05) is 48.5 Å². The molecule has 1 fully saturated rings. The molecule has 5 atom stereocenters. The quantitative estimate of drug-likeness (QED) is 0.101. The van der Waals surface area contributed by atoms with Crippen LogP contribution in [0.25, 0.3) is 10.9 Å². The van der Waals surface area contributed by atoms with Gasteiger partial charge in [-0.15, -0.1) is 0 Å². The number of para-hydroxylation sites is 1. The van der Waals surface area contributed by atoms with Crippen molar-refractivity contribution in [3.8, 4) is 0 Å². The smallest absolute Gasteiger partial charge is 0.243 e. The zero-order valence-electron chi connectivity index (χ0n) is 31.6. The molecule has 2 aromatic carbocycles. The first-order valence-electron chi connectivity index (χ1n) is 18.6. The lowest BCUT2D eigenvalue weighted by atomic mass is 10.0. The van der Waals surface area contributed by atoms with E-state index in [1.165, 1.54) is 0 Å². The molecule has 0 radical (unpaired) electrons. The van der Waals surface area contributed by atoms with Gasteiger partial charge < -0.3 is 59.4 Å². The van der Waals surface area contributed by atoms with E-state index in [0.29, 0.717) is 11.1 Å². The summed E-state index contributed by atoms with van der Waals surface area (Å²) >= 11 is 0. The van der Waals surface area contributed by atoms with Crippen LogP contribution >= 0.6 is 0 Å². The Labute approximate surface area is 332 Å². The number of aromatic nitrogens is 1. The summed E-state index contributed by atoms with van der Waals surface area (Å²) in [5.74, 6) is -7.39. The molecule has 1 saturated heterocycles. The number of primary amides is 2. The summed E-state index contributed by atoms with van der Waals surface area (Å²) in [5, 5.41) is 18.4. The van der Waals surface area contributed by atoms with Crippen LogP contribution < -0.4 is 54.4 Å². The normalized spacial score (nSPS) is 22.3. The second kappa shape index (κ2) is 21.5. The van der Waals surface area contributed by atoms with E-state index < -0.39 is 103 Å². The van der Waals surface area contributed by atoms with Gasteiger partial charge in [0.2, 0.25) is 53.2 Å². The highest BCUT2D eigenvalue weighted by Gasteiger charge is 2.32. The fourth-order valence-electron chi connectivity index (χ4n) is 6.26. The average Bonchev–Trinajstić information content (AvgIpc) is 3.60. The maximum atomic E-state index is 13.7. The number of amides is 9. The highest BCUT2D eigenvalue weighted by Crippen LogP contribution is 2.19. The summed E-state index contributed by atoms with van der Waals surface area (Å²) in [6.07, 6.45) is 0.490. The molecule has 14 N–H and O–H groups in total. The predicted octanol–water partition coefficient (Wildman–Crippen LogP) is -3.50. The number of hydrogen-bond acceptors (Lipinski definition) is 10. The summed E-state index contributed by atoms with van der Waals surface area (Å²) in [4.78, 5) is 120. The molecule has 1 aliphatic rings. The van der Waals surface area contributed by atoms with Gasteiger partial charge in [-0.05, 0) is 36.5 Å². The third-order valence-corrected chi connectivity index (χ3v) is 9.28. The molecule has 310 valence electrons. The Hall–Kier alpha value is -6.83. The van der Waals surface area contributed by atoms with E-state index in [-0.39, 0.29) is 45.1 Å². The van der Waals surface area contributed by atoms with Crippen LogP contribution in [0.15, 0.2) is 60.8 Å². The summed E-state index contributed by atoms with van der Waals surface area (Å²) in [7, 11) is 0. The second-order valence-electron chi connectivity index (χ2n) is 13.7. The molecule has 0 bridgehead atoms. The number of nitrogens with one attached hydrogen (secondary N) is 8.